The van der Waals surface area contributed by atoms with Crippen LogP contribution in [0.1, 0.15) is 24.7 Å². The van der Waals surface area contributed by atoms with Crippen molar-refractivity contribution < 1.29 is 4.74 Å². The van der Waals surface area contributed by atoms with Crippen molar-refractivity contribution in [1.29, 1.82) is 0 Å². The molecule has 0 atom stereocenters. The van der Waals surface area contributed by atoms with Crippen LogP contribution < -0.4 is 11.1 Å². The highest BCUT2D eigenvalue weighted by Gasteiger charge is 2.09. The summed E-state index contributed by atoms with van der Waals surface area (Å²) in [5.41, 5.74) is 8.33. The minimum absolute atomic E-state index is 0.489. The van der Waals surface area contributed by atoms with Gasteiger partial charge in [-0.05, 0) is 6.42 Å². The Morgan fingerprint density at radius 2 is 2.21 bits per heavy atom. The Morgan fingerprint density at radius 3 is 2.89 bits per heavy atom. The molecule has 0 fully saturated rings. The van der Waals surface area contributed by atoms with Crippen molar-refractivity contribution >= 4 is 11.5 Å². The molecule has 2 aromatic heterocycles. The van der Waals surface area contributed by atoms with Gasteiger partial charge in [-0.25, -0.2) is 4.98 Å². The van der Waals surface area contributed by atoms with Gasteiger partial charge >= 0.3 is 0 Å². The van der Waals surface area contributed by atoms with Crippen LogP contribution in [0, 0.1) is 0 Å². The van der Waals surface area contributed by atoms with Crippen LogP contribution in [0.4, 0.5) is 5.82 Å². The van der Waals surface area contributed by atoms with E-state index in [4.69, 9.17) is 10.5 Å². The molecule has 0 saturated carbocycles. The fourth-order valence-corrected chi connectivity index (χ4v) is 2.00. The first-order valence-electron chi connectivity index (χ1n) is 6.60. The molecule has 0 aromatic carbocycles. The van der Waals surface area contributed by atoms with Gasteiger partial charge in [0.1, 0.15) is 5.82 Å². The summed E-state index contributed by atoms with van der Waals surface area (Å²) in [7, 11) is 1.66. The largest absolute Gasteiger partial charge is 0.378 e. The van der Waals surface area contributed by atoms with Crippen molar-refractivity contribution in [1.82, 2.24) is 14.6 Å². The molecule has 19 heavy (non-hydrogen) atoms. The summed E-state index contributed by atoms with van der Waals surface area (Å²) in [6, 6.07) is 3.99. The molecule has 6 heteroatoms. The van der Waals surface area contributed by atoms with E-state index < -0.39 is 0 Å². The average molecular weight is 263 g/mol. The minimum atomic E-state index is 0.489. The van der Waals surface area contributed by atoms with Crippen molar-refractivity contribution in [2.45, 2.75) is 26.4 Å². The maximum absolute atomic E-state index is 5.54. The van der Waals surface area contributed by atoms with Gasteiger partial charge in [0.2, 0.25) is 0 Å². The number of nitrogens with two attached hydrogens (primary N) is 1. The first-order chi connectivity index (χ1) is 9.28. The highest BCUT2D eigenvalue weighted by atomic mass is 16.5. The molecule has 2 aromatic rings. The molecule has 0 amide bonds. The lowest BCUT2D eigenvalue weighted by Crippen LogP contribution is -2.16. The molecule has 104 valence electrons. The molecular formula is C13H21N5O. The minimum Gasteiger partial charge on any atom is -0.378 e. The predicted octanol–water partition coefficient (Wildman–Crippen LogP) is 1.20. The van der Waals surface area contributed by atoms with Crippen LogP contribution in [0.3, 0.4) is 0 Å². The summed E-state index contributed by atoms with van der Waals surface area (Å²) in [5, 5.41) is 7.77. The van der Waals surface area contributed by atoms with Crippen molar-refractivity contribution in [3.8, 4) is 0 Å². The molecule has 0 saturated heterocycles. The molecular weight excluding hydrogens is 242 g/mol. The van der Waals surface area contributed by atoms with Gasteiger partial charge < -0.3 is 15.8 Å². The molecule has 0 aliphatic rings. The zero-order chi connectivity index (χ0) is 13.7. The summed E-state index contributed by atoms with van der Waals surface area (Å²) in [5.74, 6) is 0.932. The quantitative estimate of drug-likeness (QED) is 0.785. The molecule has 2 heterocycles. The highest BCUT2D eigenvalue weighted by molar-refractivity contribution is 5.50. The fourth-order valence-electron chi connectivity index (χ4n) is 2.00. The van der Waals surface area contributed by atoms with E-state index in [1.165, 1.54) is 0 Å². The van der Waals surface area contributed by atoms with Crippen LogP contribution in [0.2, 0.25) is 0 Å². The Morgan fingerprint density at radius 1 is 1.37 bits per heavy atom. The third-order valence-electron chi connectivity index (χ3n) is 2.78. The van der Waals surface area contributed by atoms with Crippen LogP contribution in [0.25, 0.3) is 5.65 Å². The number of fused-ring (bicyclic) bond motifs is 1. The van der Waals surface area contributed by atoms with E-state index in [0.717, 1.165) is 35.7 Å². The predicted molar refractivity (Wildman–Crippen MR) is 75.2 cm³/mol. The first kappa shape index (κ1) is 13.8. The first-order valence-corrected chi connectivity index (χ1v) is 6.60. The lowest BCUT2D eigenvalue weighted by Gasteiger charge is -2.09. The molecule has 6 nitrogen and oxygen atoms in total. The number of methoxy groups -OCH3 is 1. The smallest absolute Gasteiger partial charge is 0.157 e. The summed E-state index contributed by atoms with van der Waals surface area (Å²) in [6.07, 6.45) is 2.02. The molecule has 0 aliphatic carbocycles. The van der Waals surface area contributed by atoms with Gasteiger partial charge in [0.25, 0.3) is 0 Å². The molecule has 0 unspecified atom stereocenters. The van der Waals surface area contributed by atoms with Gasteiger partial charge in [-0.3, -0.25) is 0 Å². The van der Waals surface area contributed by atoms with E-state index >= 15 is 0 Å². The second kappa shape index (κ2) is 6.49. The van der Waals surface area contributed by atoms with Crippen molar-refractivity contribution in [3.05, 3.63) is 23.5 Å². The topological polar surface area (TPSA) is 77.5 Å². The summed E-state index contributed by atoms with van der Waals surface area (Å²) in [4.78, 5) is 4.61. The number of nitrogens with zero attached hydrogens (tertiary/aromatic N) is 3. The molecule has 0 aliphatic heterocycles. The average Bonchev–Trinajstić information content (AvgIpc) is 2.79. The van der Waals surface area contributed by atoms with Crippen LogP contribution in [-0.4, -0.2) is 34.8 Å². The van der Waals surface area contributed by atoms with Crippen molar-refractivity contribution in [2.75, 3.05) is 25.5 Å². The Labute approximate surface area is 113 Å². The molecule has 0 spiro atoms. The van der Waals surface area contributed by atoms with E-state index in [-0.39, 0.29) is 0 Å². The Hall–Kier alpha value is -1.66. The van der Waals surface area contributed by atoms with Crippen LogP contribution in [0.5, 0.6) is 0 Å². The van der Waals surface area contributed by atoms with Crippen molar-refractivity contribution in [2.24, 2.45) is 5.73 Å². The van der Waals surface area contributed by atoms with Gasteiger partial charge in [-0.1, -0.05) is 13.3 Å². The zero-order valence-electron chi connectivity index (χ0n) is 11.5. The Bertz CT molecular complexity index is 537. The van der Waals surface area contributed by atoms with Crippen LogP contribution >= 0.6 is 0 Å². The number of hydrogen-bond donors (Lipinski definition) is 2. The Balaban J connectivity index is 2.41. The van der Waals surface area contributed by atoms with Crippen LogP contribution in [-0.2, 0) is 17.8 Å². The fraction of sp³-hybridized carbons (Fsp3) is 0.538. The normalized spacial score (nSPS) is 11.1. The van der Waals surface area contributed by atoms with E-state index in [0.29, 0.717) is 19.7 Å². The third-order valence-corrected chi connectivity index (χ3v) is 2.78. The highest BCUT2D eigenvalue weighted by Crippen LogP contribution is 2.15. The number of anilines is 1. The maximum Gasteiger partial charge on any atom is 0.157 e. The standard InChI is InChI=1S/C13H21N5O/c1-3-4-10-7-12(15-6-5-14)18-13(16-10)8-11(17-18)9-19-2/h7-8,15H,3-6,9,14H2,1-2H3. The lowest BCUT2D eigenvalue weighted by molar-refractivity contribution is 0.181. The zero-order valence-corrected chi connectivity index (χ0v) is 11.5. The number of nitrogens with one attached hydrogen (secondary N) is 1. The van der Waals surface area contributed by atoms with E-state index in [2.05, 4.69) is 22.3 Å². The van der Waals surface area contributed by atoms with Gasteiger partial charge in [0, 0.05) is 38.0 Å². The number of aryl methyl sites for hydroxylation is 1. The Kier molecular flexibility index (Phi) is 4.70. The number of ether oxygens (including phenoxy) is 1. The number of hydrogen-bond acceptors (Lipinski definition) is 5. The van der Waals surface area contributed by atoms with E-state index in [1.807, 2.05) is 16.6 Å². The second-order valence-corrected chi connectivity index (χ2v) is 4.44. The second-order valence-electron chi connectivity index (χ2n) is 4.44. The molecule has 3 N–H and O–H groups in total. The van der Waals surface area contributed by atoms with Gasteiger partial charge in [0.05, 0.1) is 12.3 Å². The van der Waals surface area contributed by atoms with E-state index in [9.17, 15) is 0 Å². The number of aromatic nitrogens is 3. The van der Waals surface area contributed by atoms with E-state index in [1.54, 1.807) is 7.11 Å². The summed E-state index contributed by atoms with van der Waals surface area (Å²) < 4.78 is 6.92. The van der Waals surface area contributed by atoms with Crippen molar-refractivity contribution in [3.63, 3.8) is 0 Å². The van der Waals surface area contributed by atoms with Gasteiger partial charge in [0.15, 0.2) is 5.65 Å². The van der Waals surface area contributed by atoms with Gasteiger partial charge in [-0.15, -0.1) is 0 Å². The summed E-state index contributed by atoms with van der Waals surface area (Å²) in [6.45, 7) is 3.93. The van der Waals surface area contributed by atoms with Crippen LogP contribution in [0.15, 0.2) is 12.1 Å². The monoisotopic (exact) mass is 263 g/mol. The molecule has 2 rings (SSSR count). The third kappa shape index (κ3) is 3.21. The number of rotatable bonds is 7. The molecule has 0 bridgehead atoms. The SMILES string of the molecule is CCCc1cc(NCCN)n2nc(COC)cc2n1. The maximum atomic E-state index is 5.54. The summed E-state index contributed by atoms with van der Waals surface area (Å²) >= 11 is 0. The lowest BCUT2D eigenvalue weighted by atomic mass is 10.2. The van der Waals surface area contributed by atoms with Gasteiger partial charge in [-0.2, -0.15) is 9.61 Å². The molecule has 0 radical (unpaired) electrons.